The van der Waals surface area contributed by atoms with E-state index in [-0.39, 0.29) is 5.91 Å². The maximum Gasteiger partial charge on any atom is 0.227 e. The molecule has 0 radical (unpaired) electrons. The summed E-state index contributed by atoms with van der Waals surface area (Å²) in [7, 11) is 5.09. The standard InChI is InChI=1S/C14H19NO3/c1-15(11-4-5-11)14(16)9-10-8-12(17-2)6-7-13(10)18-3/h6-8,11H,4-5,9H2,1-3H3. The van der Waals surface area contributed by atoms with Gasteiger partial charge in [-0.2, -0.15) is 0 Å². The third kappa shape index (κ3) is 2.75. The number of hydrogen-bond donors (Lipinski definition) is 0. The number of nitrogens with zero attached hydrogens (tertiary/aromatic N) is 1. The first kappa shape index (κ1) is 12.7. The Balaban J connectivity index is 2.13. The largest absolute Gasteiger partial charge is 0.497 e. The molecule has 1 fully saturated rings. The molecule has 98 valence electrons. The second kappa shape index (κ2) is 5.29. The van der Waals surface area contributed by atoms with E-state index in [0.717, 1.165) is 29.9 Å². The van der Waals surface area contributed by atoms with Gasteiger partial charge in [-0.25, -0.2) is 0 Å². The van der Waals surface area contributed by atoms with Crippen LogP contribution >= 0.6 is 0 Å². The van der Waals surface area contributed by atoms with Crippen LogP contribution in [0.3, 0.4) is 0 Å². The predicted molar refractivity (Wildman–Crippen MR) is 69.0 cm³/mol. The van der Waals surface area contributed by atoms with E-state index in [1.165, 1.54) is 0 Å². The molecule has 2 rings (SSSR count). The summed E-state index contributed by atoms with van der Waals surface area (Å²) in [5, 5.41) is 0. The Hall–Kier alpha value is -1.71. The number of carbonyl (C=O) groups is 1. The maximum atomic E-state index is 12.1. The number of likely N-dealkylation sites (N-methyl/N-ethyl adjacent to an activating group) is 1. The molecule has 1 saturated carbocycles. The van der Waals surface area contributed by atoms with Gasteiger partial charge in [0.05, 0.1) is 20.6 Å². The van der Waals surface area contributed by atoms with Crippen LogP contribution in [0.2, 0.25) is 0 Å². The van der Waals surface area contributed by atoms with Crippen molar-refractivity contribution in [2.75, 3.05) is 21.3 Å². The summed E-state index contributed by atoms with van der Waals surface area (Å²) in [5.41, 5.74) is 0.870. The van der Waals surface area contributed by atoms with Gasteiger partial charge in [0, 0.05) is 18.7 Å². The summed E-state index contributed by atoms with van der Waals surface area (Å²) < 4.78 is 10.5. The Morgan fingerprint density at radius 1 is 1.33 bits per heavy atom. The zero-order chi connectivity index (χ0) is 13.1. The number of ether oxygens (including phenoxy) is 2. The molecule has 4 heteroatoms. The second-order valence-electron chi connectivity index (χ2n) is 4.59. The Morgan fingerprint density at radius 3 is 2.61 bits per heavy atom. The van der Waals surface area contributed by atoms with E-state index >= 15 is 0 Å². The molecule has 0 aliphatic heterocycles. The van der Waals surface area contributed by atoms with Gasteiger partial charge in [-0.05, 0) is 31.0 Å². The Bertz CT molecular complexity index is 441. The minimum atomic E-state index is 0.129. The van der Waals surface area contributed by atoms with Crippen molar-refractivity contribution in [2.24, 2.45) is 0 Å². The normalized spacial score (nSPS) is 14.2. The lowest BCUT2D eigenvalue weighted by atomic mass is 10.1. The SMILES string of the molecule is COc1ccc(OC)c(CC(=O)N(C)C2CC2)c1. The topological polar surface area (TPSA) is 38.8 Å². The van der Waals surface area contributed by atoms with Gasteiger partial charge in [0.1, 0.15) is 11.5 Å². The molecule has 1 aromatic carbocycles. The molecule has 0 bridgehead atoms. The van der Waals surface area contributed by atoms with Crippen molar-refractivity contribution in [1.82, 2.24) is 4.90 Å². The highest BCUT2D eigenvalue weighted by Gasteiger charge is 2.29. The van der Waals surface area contributed by atoms with E-state index in [9.17, 15) is 4.79 Å². The Morgan fingerprint density at radius 2 is 2.06 bits per heavy atom. The lowest BCUT2D eigenvalue weighted by Gasteiger charge is -2.17. The third-order valence-electron chi connectivity index (χ3n) is 3.32. The summed E-state index contributed by atoms with van der Waals surface area (Å²) in [6.07, 6.45) is 2.60. The molecule has 18 heavy (non-hydrogen) atoms. The van der Waals surface area contributed by atoms with Gasteiger partial charge in [-0.1, -0.05) is 0 Å². The van der Waals surface area contributed by atoms with Gasteiger partial charge < -0.3 is 14.4 Å². The van der Waals surface area contributed by atoms with E-state index in [4.69, 9.17) is 9.47 Å². The average Bonchev–Trinajstić information content (AvgIpc) is 3.22. The van der Waals surface area contributed by atoms with Crippen molar-refractivity contribution in [3.8, 4) is 11.5 Å². The second-order valence-corrected chi connectivity index (χ2v) is 4.59. The summed E-state index contributed by atoms with van der Waals surface area (Å²) in [6, 6.07) is 5.96. The van der Waals surface area contributed by atoms with Crippen LogP contribution in [0.1, 0.15) is 18.4 Å². The van der Waals surface area contributed by atoms with Crippen LogP contribution in [0, 0.1) is 0 Å². The Kier molecular flexibility index (Phi) is 3.75. The summed E-state index contributed by atoms with van der Waals surface area (Å²) in [4.78, 5) is 13.9. The van der Waals surface area contributed by atoms with Crippen molar-refractivity contribution in [3.63, 3.8) is 0 Å². The van der Waals surface area contributed by atoms with Crippen molar-refractivity contribution in [1.29, 1.82) is 0 Å². The van der Waals surface area contributed by atoms with E-state index in [0.29, 0.717) is 12.5 Å². The molecule has 0 N–H and O–H groups in total. The lowest BCUT2D eigenvalue weighted by molar-refractivity contribution is -0.129. The van der Waals surface area contributed by atoms with Gasteiger partial charge in [-0.3, -0.25) is 4.79 Å². The van der Waals surface area contributed by atoms with Crippen LogP contribution in [0.5, 0.6) is 11.5 Å². The van der Waals surface area contributed by atoms with E-state index in [2.05, 4.69) is 0 Å². The maximum absolute atomic E-state index is 12.1. The molecule has 0 unspecified atom stereocenters. The van der Waals surface area contributed by atoms with Crippen molar-refractivity contribution in [3.05, 3.63) is 23.8 Å². The third-order valence-corrected chi connectivity index (χ3v) is 3.32. The molecule has 0 heterocycles. The average molecular weight is 249 g/mol. The molecule has 0 saturated heterocycles. The van der Waals surface area contributed by atoms with Gasteiger partial charge in [0.25, 0.3) is 0 Å². The number of methoxy groups -OCH3 is 2. The van der Waals surface area contributed by atoms with Crippen LogP contribution in [-0.2, 0) is 11.2 Å². The minimum Gasteiger partial charge on any atom is -0.497 e. The number of hydrogen-bond acceptors (Lipinski definition) is 3. The van der Waals surface area contributed by atoms with E-state index < -0.39 is 0 Å². The van der Waals surface area contributed by atoms with E-state index in [1.54, 1.807) is 14.2 Å². The van der Waals surface area contributed by atoms with Crippen LogP contribution < -0.4 is 9.47 Å². The zero-order valence-corrected chi connectivity index (χ0v) is 11.1. The van der Waals surface area contributed by atoms with Crippen LogP contribution in [-0.4, -0.2) is 38.1 Å². The Labute approximate surface area is 107 Å². The van der Waals surface area contributed by atoms with Crippen LogP contribution in [0.4, 0.5) is 0 Å². The number of carbonyl (C=O) groups excluding carboxylic acids is 1. The highest BCUT2D eigenvalue weighted by atomic mass is 16.5. The first-order valence-electron chi connectivity index (χ1n) is 6.12. The molecule has 0 spiro atoms. The molecular weight excluding hydrogens is 230 g/mol. The quantitative estimate of drug-likeness (QED) is 0.799. The van der Waals surface area contributed by atoms with Crippen LogP contribution in [0.25, 0.3) is 0 Å². The number of benzene rings is 1. The van der Waals surface area contributed by atoms with Gasteiger partial charge in [0.2, 0.25) is 5.91 Å². The van der Waals surface area contributed by atoms with Crippen molar-refractivity contribution in [2.45, 2.75) is 25.3 Å². The summed E-state index contributed by atoms with van der Waals surface area (Å²) in [5.74, 6) is 1.60. The van der Waals surface area contributed by atoms with E-state index in [1.807, 2.05) is 30.1 Å². The summed E-state index contributed by atoms with van der Waals surface area (Å²) >= 11 is 0. The van der Waals surface area contributed by atoms with Gasteiger partial charge in [0.15, 0.2) is 0 Å². The lowest BCUT2D eigenvalue weighted by Crippen LogP contribution is -2.30. The molecule has 0 atom stereocenters. The predicted octanol–water partition coefficient (Wildman–Crippen LogP) is 1.87. The van der Waals surface area contributed by atoms with Gasteiger partial charge >= 0.3 is 0 Å². The first-order valence-corrected chi connectivity index (χ1v) is 6.12. The zero-order valence-electron chi connectivity index (χ0n) is 11.1. The first-order chi connectivity index (χ1) is 8.65. The minimum absolute atomic E-state index is 0.129. The fourth-order valence-electron chi connectivity index (χ4n) is 1.97. The monoisotopic (exact) mass is 249 g/mol. The number of amides is 1. The van der Waals surface area contributed by atoms with Crippen molar-refractivity contribution < 1.29 is 14.3 Å². The molecule has 1 amide bonds. The fraction of sp³-hybridized carbons (Fsp3) is 0.500. The van der Waals surface area contributed by atoms with Crippen LogP contribution in [0.15, 0.2) is 18.2 Å². The number of rotatable bonds is 5. The highest BCUT2D eigenvalue weighted by molar-refractivity contribution is 5.80. The molecule has 4 nitrogen and oxygen atoms in total. The van der Waals surface area contributed by atoms with Crippen molar-refractivity contribution >= 4 is 5.91 Å². The summed E-state index contributed by atoms with van der Waals surface area (Å²) in [6.45, 7) is 0. The molecular formula is C14H19NO3. The molecule has 1 aromatic rings. The molecule has 0 aromatic heterocycles. The van der Waals surface area contributed by atoms with Gasteiger partial charge in [-0.15, -0.1) is 0 Å². The smallest absolute Gasteiger partial charge is 0.227 e. The molecule has 1 aliphatic carbocycles. The highest BCUT2D eigenvalue weighted by Crippen LogP contribution is 2.28. The fourth-order valence-corrected chi connectivity index (χ4v) is 1.97. The molecule has 1 aliphatic rings.